The molecule has 2 nitrogen and oxygen atoms in total. The number of aliphatic hydroxyl groups is 1. The topological polar surface area (TPSA) is 46.2 Å². The monoisotopic (exact) mass is 309 g/mol. The molecule has 112 valence electrons. The van der Waals surface area contributed by atoms with Crippen LogP contribution in [0.5, 0.6) is 0 Å². The van der Waals surface area contributed by atoms with Crippen LogP contribution >= 0.6 is 11.8 Å². The second-order valence-corrected chi connectivity index (χ2v) is 5.90. The number of benzene rings is 2. The Morgan fingerprint density at radius 2 is 1.76 bits per heavy atom. The Morgan fingerprint density at radius 3 is 2.43 bits per heavy atom. The first kappa shape index (κ1) is 15.9. The first-order valence-corrected chi connectivity index (χ1v) is 7.60. The highest BCUT2D eigenvalue weighted by atomic mass is 32.2. The van der Waals surface area contributed by atoms with Gasteiger partial charge >= 0.3 is 0 Å². The molecular weight excluding hydrogens is 292 g/mol. The van der Waals surface area contributed by atoms with Crippen molar-refractivity contribution < 1.29 is 13.9 Å². The van der Waals surface area contributed by atoms with Gasteiger partial charge in [0.2, 0.25) is 0 Å². The maximum absolute atomic E-state index is 13.1. The third-order valence-electron chi connectivity index (χ3n) is 3.12. The SMILES string of the molecule is NC(Cc1ccccc1)C(O)CSc1ccc(F)c(F)c1. The average Bonchev–Trinajstić information content (AvgIpc) is 2.49. The molecule has 21 heavy (non-hydrogen) atoms. The molecule has 0 aliphatic heterocycles. The number of nitrogens with two attached hydrogens (primary N) is 1. The minimum atomic E-state index is -0.886. The highest BCUT2D eigenvalue weighted by Crippen LogP contribution is 2.22. The predicted molar refractivity (Wildman–Crippen MR) is 81.2 cm³/mol. The van der Waals surface area contributed by atoms with Crippen LogP contribution in [0.15, 0.2) is 53.4 Å². The molecule has 2 unspecified atom stereocenters. The van der Waals surface area contributed by atoms with Crippen LogP contribution in [0, 0.1) is 11.6 Å². The first-order chi connectivity index (χ1) is 10.1. The molecule has 2 aromatic carbocycles. The van der Waals surface area contributed by atoms with Gasteiger partial charge in [-0.1, -0.05) is 30.3 Å². The Balaban J connectivity index is 1.86. The number of halogens is 2. The van der Waals surface area contributed by atoms with E-state index in [2.05, 4.69) is 0 Å². The van der Waals surface area contributed by atoms with E-state index in [1.165, 1.54) is 17.8 Å². The lowest BCUT2D eigenvalue weighted by Gasteiger charge is -2.18. The normalized spacial score (nSPS) is 13.9. The highest BCUT2D eigenvalue weighted by Gasteiger charge is 2.16. The molecule has 0 saturated carbocycles. The molecule has 0 spiro atoms. The second kappa shape index (κ2) is 7.54. The van der Waals surface area contributed by atoms with Crippen LogP contribution in [0.4, 0.5) is 8.78 Å². The number of thioether (sulfide) groups is 1. The van der Waals surface area contributed by atoms with Crippen molar-refractivity contribution in [3.05, 3.63) is 65.7 Å². The molecule has 0 aliphatic carbocycles. The van der Waals surface area contributed by atoms with Crippen LogP contribution in [-0.2, 0) is 6.42 Å². The van der Waals surface area contributed by atoms with Gasteiger partial charge < -0.3 is 10.8 Å². The van der Waals surface area contributed by atoms with Gasteiger partial charge in [-0.05, 0) is 30.2 Å². The fraction of sp³-hybridized carbons (Fsp3) is 0.250. The number of hydrogen-bond donors (Lipinski definition) is 2. The van der Waals surface area contributed by atoms with Crippen molar-refractivity contribution in [1.29, 1.82) is 0 Å². The van der Waals surface area contributed by atoms with Gasteiger partial charge in [-0.15, -0.1) is 11.8 Å². The summed E-state index contributed by atoms with van der Waals surface area (Å²) in [6.07, 6.45) is -0.149. The molecule has 0 radical (unpaired) electrons. The minimum absolute atomic E-state index is 0.332. The van der Waals surface area contributed by atoms with Gasteiger partial charge in [0.1, 0.15) is 0 Å². The summed E-state index contributed by atoms with van der Waals surface area (Å²) in [7, 11) is 0. The Hall–Kier alpha value is -1.43. The highest BCUT2D eigenvalue weighted by molar-refractivity contribution is 7.99. The van der Waals surface area contributed by atoms with Crippen LogP contribution in [-0.4, -0.2) is 23.0 Å². The van der Waals surface area contributed by atoms with Crippen molar-refractivity contribution in [2.75, 3.05) is 5.75 Å². The molecule has 0 fully saturated rings. The van der Waals surface area contributed by atoms with Crippen molar-refractivity contribution in [2.45, 2.75) is 23.5 Å². The molecule has 2 aromatic rings. The van der Waals surface area contributed by atoms with Gasteiger partial charge in [0, 0.05) is 16.7 Å². The van der Waals surface area contributed by atoms with E-state index in [1.54, 1.807) is 0 Å². The zero-order valence-corrected chi connectivity index (χ0v) is 12.2. The third kappa shape index (κ3) is 4.81. The van der Waals surface area contributed by atoms with Gasteiger partial charge in [-0.3, -0.25) is 0 Å². The third-order valence-corrected chi connectivity index (χ3v) is 4.22. The standard InChI is InChI=1S/C16H17F2NOS/c17-13-7-6-12(9-14(13)18)21-10-16(20)15(19)8-11-4-2-1-3-5-11/h1-7,9,15-16,20H,8,10,19H2. The summed E-state index contributed by atoms with van der Waals surface area (Å²) in [5.74, 6) is -1.43. The zero-order chi connectivity index (χ0) is 15.2. The summed E-state index contributed by atoms with van der Waals surface area (Å²) < 4.78 is 25.9. The zero-order valence-electron chi connectivity index (χ0n) is 11.4. The molecular formula is C16H17F2NOS. The van der Waals surface area contributed by atoms with E-state index < -0.39 is 23.8 Å². The predicted octanol–water partition coefficient (Wildman–Crippen LogP) is 2.99. The molecule has 2 atom stereocenters. The number of aliphatic hydroxyl groups excluding tert-OH is 1. The fourth-order valence-electron chi connectivity index (χ4n) is 1.89. The number of hydrogen-bond acceptors (Lipinski definition) is 3. The Bertz CT molecular complexity index is 580. The maximum Gasteiger partial charge on any atom is 0.159 e. The van der Waals surface area contributed by atoms with E-state index in [9.17, 15) is 13.9 Å². The number of rotatable bonds is 6. The van der Waals surface area contributed by atoms with Gasteiger partial charge in [0.25, 0.3) is 0 Å². The van der Waals surface area contributed by atoms with Crippen LogP contribution < -0.4 is 5.73 Å². The average molecular weight is 309 g/mol. The molecule has 2 rings (SSSR count). The minimum Gasteiger partial charge on any atom is -0.391 e. The summed E-state index contributed by atoms with van der Waals surface area (Å²) in [4.78, 5) is 0.569. The van der Waals surface area contributed by atoms with E-state index in [1.807, 2.05) is 30.3 Å². The summed E-state index contributed by atoms with van der Waals surface area (Å²) in [5.41, 5.74) is 7.03. The second-order valence-electron chi connectivity index (χ2n) is 4.81. The summed E-state index contributed by atoms with van der Waals surface area (Å²) in [5, 5.41) is 10.1. The molecule has 5 heteroatoms. The first-order valence-electron chi connectivity index (χ1n) is 6.61. The van der Waals surface area contributed by atoms with Crippen molar-refractivity contribution >= 4 is 11.8 Å². The van der Waals surface area contributed by atoms with E-state index in [0.717, 1.165) is 17.7 Å². The van der Waals surface area contributed by atoms with Crippen molar-refractivity contribution in [3.8, 4) is 0 Å². The van der Waals surface area contributed by atoms with Crippen molar-refractivity contribution in [2.24, 2.45) is 5.73 Å². The van der Waals surface area contributed by atoms with Crippen LogP contribution in [0.1, 0.15) is 5.56 Å². The van der Waals surface area contributed by atoms with Gasteiger partial charge in [0.05, 0.1) is 6.10 Å². The molecule has 0 saturated heterocycles. The summed E-state index contributed by atoms with van der Waals surface area (Å²) in [6.45, 7) is 0. The van der Waals surface area contributed by atoms with Gasteiger partial charge in [-0.2, -0.15) is 0 Å². The lowest BCUT2D eigenvalue weighted by Crippen LogP contribution is -2.38. The van der Waals surface area contributed by atoms with Gasteiger partial charge in [-0.25, -0.2) is 8.78 Å². The Labute approximate surface area is 127 Å². The van der Waals surface area contributed by atoms with E-state index in [-0.39, 0.29) is 0 Å². The largest absolute Gasteiger partial charge is 0.391 e. The molecule has 3 N–H and O–H groups in total. The molecule has 0 heterocycles. The fourth-order valence-corrected chi connectivity index (χ4v) is 2.86. The quantitative estimate of drug-likeness (QED) is 0.806. The summed E-state index contributed by atoms with van der Waals surface area (Å²) >= 11 is 1.25. The van der Waals surface area contributed by atoms with Gasteiger partial charge in [0.15, 0.2) is 11.6 Å². The molecule has 0 bridgehead atoms. The Morgan fingerprint density at radius 1 is 1.05 bits per heavy atom. The molecule has 0 aliphatic rings. The Kier molecular flexibility index (Phi) is 5.73. The van der Waals surface area contributed by atoms with E-state index in [0.29, 0.717) is 17.1 Å². The lowest BCUT2D eigenvalue weighted by molar-refractivity contribution is 0.167. The summed E-state index contributed by atoms with van der Waals surface area (Å²) in [6, 6.07) is 13.0. The van der Waals surface area contributed by atoms with Crippen LogP contribution in [0.3, 0.4) is 0 Å². The molecule has 0 aromatic heterocycles. The van der Waals surface area contributed by atoms with E-state index >= 15 is 0 Å². The van der Waals surface area contributed by atoms with E-state index in [4.69, 9.17) is 5.73 Å². The smallest absolute Gasteiger partial charge is 0.159 e. The van der Waals surface area contributed by atoms with Crippen molar-refractivity contribution in [1.82, 2.24) is 0 Å². The van der Waals surface area contributed by atoms with Crippen LogP contribution in [0.25, 0.3) is 0 Å². The van der Waals surface area contributed by atoms with Crippen LogP contribution in [0.2, 0.25) is 0 Å². The maximum atomic E-state index is 13.1. The molecule has 0 amide bonds. The van der Waals surface area contributed by atoms with Crippen molar-refractivity contribution in [3.63, 3.8) is 0 Å². The lowest BCUT2D eigenvalue weighted by atomic mass is 10.0.